The number of carboxylic acid groups (broad SMARTS) is 1. The summed E-state index contributed by atoms with van der Waals surface area (Å²) in [5.74, 6) is -2.43. The second kappa shape index (κ2) is 6.52. The van der Waals surface area contributed by atoms with Crippen LogP contribution in [0, 0.1) is 5.92 Å². The van der Waals surface area contributed by atoms with Gasteiger partial charge in [0.05, 0.1) is 12.2 Å². The fourth-order valence-electron chi connectivity index (χ4n) is 3.16. The number of hydrogen-bond acceptors (Lipinski definition) is 4. The van der Waals surface area contributed by atoms with Crippen LogP contribution in [0.15, 0.2) is 30.3 Å². The number of carbonyl (C=O) groups excluding carboxylic acids is 1. The van der Waals surface area contributed by atoms with Gasteiger partial charge in [-0.25, -0.2) is 13.1 Å². The molecule has 0 aromatic heterocycles. The molecule has 1 aliphatic rings. The number of rotatable bonds is 5. The topological polar surface area (TPSA) is 104 Å². The molecule has 0 spiro atoms. The first-order valence-corrected chi connectivity index (χ1v) is 9.46. The molecule has 24 heavy (non-hydrogen) atoms. The first-order valence-electron chi connectivity index (χ1n) is 7.57. The molecule has 1 aromatic rings. The molecular weight excluding hydrogens is 332 g/mol. The van der Waals surface area contributed by atoms with Crippen molar-refractivity contribution in [2.24, 2.45) is 5.92 Å². The van der Waals surface area contributed by atoms with E-state index in [0.29, 0.717) is 0 Å². The minimum Gasteiger partial charge on any atom is -0.481 e. The molecule has 1 heterocycles. The number of aliphatic carboxylic acids is 1. The second-order valence-corrected chi connectivity index (χ2v) is 8.42. The van der Waals surface area contributed by atoms with Gasteiger partial charge >= 0.3 is 5.97 Å². The van der Waals surface area contributed by atoms with Crippen molar-refractivity contribution in [3.05, 3.63) is 35.9 Å². The Morgan fingerprint density at radius 2 is 1.79 bits per heavy atom. The van der Waals surface area contributed by atoms with Gasteiger partial charge in [0.1, 0.15) is 5.54 Å². The number of carboxylic acids is 1. The van der Waals surface area contributed by atoms with Gasteiger partial charge in [-0.1, -0.05) is 30.3 Å². The highest BCUT2D eigenvalue weighted by Crippen LogP contribution is 2.34. The van der Waals surface area contributed by atoms with Crippen LogP contribution < -0.4 is 4.72 Å². The smallest absolute Gasteiger partial charge is 0.308 e. The van der Waals surface area contributed by atoms with E-state index >= 15 is 0 Å². The van der Waals surface area contributed by atoms with Crippen molar-refractivity contribution in [1.82, 2.24) is 9.62 Å². The van der Waals surface area contributed by atoms with E-state index in [1.807, 2.05) is 30.3 Å². The van der Waals surface area contributed by atoms with Crippen LogP contribution in [0.5, 0.6) is 0 Å². The third-order valence-corrected chi connectivity index (χ3v) is 5.01. The fourth-order valence-corrected chi connectivity index (χ4v) is 4.17. The van der Waals surface area contributed by atoms with Crippen LogP contribution in [0.2, 0.25) is 0 Å². The lowest BCUT2D eigenvalue weighted by Gasteiger charge is -2.29. The Hall–Kier alpha value is -1.93. The van der Waals surface area contributed by atoms with Crippen molar-refractivity contribution in [2.75, 3.05) is 19.3 Å². The Morgan fingerprint density at radius 1 is 1.21 bits per heavy atom. The Labute approximate surface area is 141 Å². The van der Waals surface area contributed by atoms with Gasteiger partial charge in [-0.05, 0) is 19.4 Å². The number of nitrogens with one attached hydrogen (secondary N) is 1. The number of sulfonamides is 1. The maximum absolute atomic E-state index is 12.7. The molecule has 7 nitrogen and oxygen atoms in total. The van der Waals surface area contributed by atoms with Crippen LogP contribution in [0.3, 0.4) is 0 Å². The van der Waals surface area contributed by atoms with Gasteiger partial charge in [0.2, 0.25) is 15.9 Å². The first-order chi connectivity index (χ1) is 11.0. The van der Waals surface area contributed by atoms with Crippen molar-refractivity contribution >= 4 is 21.9 Å². The van der Waals surface area contributed by atoms with E-state index in [2.05, 4.69) is 4.72 Å². The zero-order valence-corrected chi connectivity index (χ0v) is 14.7. The molecule has 2 rings (SSSR count). The third kappa shape index (κ3) is 4.12. The number of nitrogens with zero attached hydrogens (tertiary/aromatic N) is 1. The molecule has 0 radical (unpaired) electrons. The van der Waals surface area contributed by atoms with E-state index in [-0.39, 0.29) is 19.0 Å². The van der Waals surface area contributed by atoms with Crippen molar-refractivity contribution in [3.63, 3.8) is 0 Å². The number of carbonyl (C=O) groups is 2. The van der Waals surface area contributed by atoms with Gasteiger partial charge in [-0.3, -0.25) is 9.59 Å². The highest BCUT2D eigenvalue weighted by Gasteiger charge is 2.44. The summed E-state index contributed by atoms with van der Waals surface area (Å²) in [6.45, 7) is 3.25. The van der Waals surface area contributed by atoms with Crippen molar-refractivity contribution < 1.29 is 23.1 Å². The summed E-state index contributed by atoms with van der Waals surface area (Å²) in [6.07, 6.45) is 0.985. The summed E-state index contributed by atoms with van der Waals surface area (Å²) in [4.78, 5) is 25.7. The van der Waals surface area contributed by atoms with Crippen LogP contribution in [0.1, 0.15) is 25.3 Å². The largest absolute Gasteiger partial charge is 0.481 e. The lowest BCUT2D eigenvalue weighted by atomic mass is 9.89. The molecule has 0 saturated carbocycles. The summed E-state index contributed by atoms with van der Waals surface area (Å²) in [7, 11) is -3.57. The highest BCUT2D eigenvalue weighted by molar-refractivity contribution is 7.88. The van der Waals surface area contributed by atoms with Gasteiger partial charge < -0.3 is 10.0 Å². The van der Waals surface area contributed by atoms with Crippen LogP contribution >= 0.6 is 0 Å². The Kier molecular flexibility index (Phi) is 5.00. The Morgan fingerprint density at radius 3 is 2.29 bits per heavy atom. The van der Waals surface area contributed by atoms with E-state index in [1.165, 1.54) is 18.7 Å². The molecule has 1 aliphatic heterocycles. The molecule has 0 aliphatic carbocycles. The summed E-state index contributed by atoms with van der Waals surface area (Å²) < 4.78 is 25.2. The summed E-state index contributed by atoms with van der Waals surface area (Å²) in [5.41, 5.74) is -0.476. The fraction of sp³-hybridized carbons (Fsp3) is 0.500. The molecule has 2 atom stereocenters. The molecule has 2 N–H and O–H groups in total. The van der Waals surface area contributed by atoms with Crippen molar-refractivity contribution in [2.45, 2.75) is 25.3 Å². The van der Waals surface area contributed by atoms with Crippen LogP contribution in [-0.4, -0.2) is 55.2 Å². The molecule has 0 bridgehead atoms. The van der Waals surface area contributed by atoms with Crippen molar-refractivity contribution in [3.8, 4) is 0 Å². The van der Waals surface area contributed by atoms with E-state index in [1.54, 1.807) is 0 Å². The molecule has 1 saturated heterocycles. The molecule has 0 unspecified atom stereocenters. The average Bonchev–Trinajstić information content (AvgIpc) is 2.90. The monoisotopic (exact) mass is 354 g/mol. The van der Waals surface area contributed by atoms with Crippen LogP contribution in [-0.2, 0) is 19.6 Å². The number of likely N-dealkylation sites (tertiary alicyclic amines) is 1. The normalized spacial score (nSPS) is 21.7. The summed E-state index contributed by atoms with van der Waals surface area (Å²) in [6, 6.07) is 9.18. The molecular formula is C16H22N2O5S. The van der Waals surface area contributed by atoms with Gasteiger partial charge in [0.15, 0.2) is 0 Å². The number of amides is 1. The van der Waals surface area contributed by atoms with Crippen LogP contribution in [0.25, 0.3) is 0 Å². The quantitative estimate of drug-likeness (QED) is 0.808. The Bertz CT molecular complexity index is 730. The minimum absolute atomic E-state index is 0.0581. The van der Waals surface area contributed by atoms with Crippen molar-refractivity contribution in [1.29, 1.82) is 0 Å². The van der Waals surface area contributed by atoms with Gasteiger partial charge in [-0.2, -0.15) is 0 Å². The predicted molar refractivity (Wildman–Crippen MR) is 88.9 cm³/mol. The Balaban J connectivity index is 2.24. The zero-order valence-electron chi connectivity index (χ0n) is 13.9. The molecule has 1 aromatic carbocycles. The predicted octanol–water partition coefficient (Wildman–Crippen LogP) is 0.641. The summed E-state index contributed by atoms with van der Waals surface area (Å²) in [5, 5.41) is 9.48. The third-order valence-electron chi connectivity index (χ3n) is 4.13. The number of benzene rings is 1. The van der Waals surface area contributed by atoms with Gasteiger partial charge in [0.25, 0.3) is 0 Å². The lowest BCUT2D eigenvalue weighted by molar-refractivity contribution is -0.142. The van der Waals surface area contributed by atoms with E-state index in [4.69, 9.17) is 0 Å². The van der Waals surface area contributed by atoms with Gasteiger partial charge in [-0.15, -0.1) is 0 Å². The highest BCUT2D eigenvalue weighted by atomic mass is 32.2. The maximum Gasteiger partial charge on any atom is 0.308 e. The SMILES string of the molecule is CC(C)(NS(C)(=O)=O)C(=O)N1C[C@H](C(=O)O)[C@H](c2ccccc2)C1. The number of hydrogen-bond donors (Lipinski definition) is 2. The van der Waals surface area contributed by atoms with E-state index in [0.717, 1.165) is 11.8 Å². The second-order valence-electron chi connectivity index (χ2n) is 6.67. The average molecular weight is 354 g/mol. The molecule has 8 heteroatoms. The molecule has 1 amide bonds. The van der Waals surface area contributed by atoms with Crippen LogP contribution in [0.4, 0.5) is 0 Å². The molecule has 1 fully saturated rings. The first kappa shape index (κ1) is 18.4. The molecule has 132 valence electrons. The lowest BCUT2D eigenvalue weighted by Crippen LogP contribution is -2.55. The van der Waals surface area contributed by atoms with E-state index in [9.17, 15) is 23.1 Å². The standard InChI is InChI=1S/C16H22N2O5S/c1-16(2,17-24(3,22)23)15(21)18-9-12(13(10-18)14(19)20)11-7-5-4-6-8-11/h4-8,12-13,17H,9-10H2,1-3H3,(H,19,20)/t12-,13-/m0/s1. The van der Waals surface area contributed by atoms with E-state index < -0.39 is 33.4 Å². The van der Waals surface area contributed by atoms with Gasteiger partial charge in [0, 0.05) is 19.0 Å². The minimum atomic E-state index is -3.57. The zero-order chi connectivity index (χ0) is 18.1. The summed E-state index contributed by atoms with van der Waals surface area (Å²) >= 11 is 0. The maximum atomic E-state index is 12.7.